The summed E-state index contributed by atoms with van der Waals surface area (Å²) in [6, 6.07) is 6.68. The van der Waals surface area contributed by atoms with Crippen molar-refractivity contribution in [2.45, 2.75) is 19.3 Å². The summed E-state index contributed by atoms with van der Waals surface area (Å²) < 4.78 is 0. The number of piperidine rings is 1. The van der Waals surface area contributed by atoms with E-state index in [1.165, 1.54) is 12.1 Å². The van der Waals surface area contributed by atoms with Gasteiger partial charge in [-0.15, -0.1) is 0 Å². The van der Waals surface area contributed by atoms with Crippen LogP contribution in [-0.4, -0.2) is 24.6 Å². The predicted octanol–water partition coefficient (Wildman–Crippen LogP) is 2.03. The summed E-state index contributed by atoms with van der Waals surface area (Å²) in [6.45, 7) is 2.44. The largest absolute Gasteiger partial charge is 0.371 e. The molecule has 1 aliphatic rings. The van der Waals surface area contributed by atoms with Gasteiger partial charge in [0.2, 0.25) is 0 Å². The van der Waals surface area contributed by atoms with E-state index in [0.29, 0.717) is 12.5 Å². The Bertz CT molecular complexity index is 536. The molecule has 1 fully saturated rings. The van der Waals surface area contributed by atoms with Crippen molar-refractivity contribution in [3.8, 4) is 6.07 Å². The van der Waals surface area contributed by atoms with Crippen molar-refractivity contribution in [1.29, 1.82) is 5.26 Å². The standard InChI is InChI=1S/C14H18N4O2/c15-6-5-11-2-1-7-17(10-11)13-4-3-12(9-16)14(8-13)18(19)20/h3-4,8,11H,1-2,5-7,10,15H2. The van der Waals surface area contributed by atoms with Crippen LogP contribution in [0.2, 0.25) is 0 Å². The molecule has 6 heteroatoms. The van der Waals surface area contributed by atoms with E-state index in [-0.39, 0.29) is 11.3 Å². The zero-order valence-corrected chi connectivity index (χ0v) is 11.3. The molecule has 1 aromatic rings. The summed E-state index contributed by atoms with van der Waals surface area (Å²) in [5.74, 6) is 0.545. The Kier molecular flexibility index (Phi) is 4.53. The first-order valence-corrected chi connectivity index (χ1v) is 6.79. The van der Waals surface area contributed by atoms with Crippen molar-refractivity contribution in [2.75, 3.05) is 24.5 Å². The zero-order valence-electron chi connectivity index (χ0n) is 11.3. The first-order valence-electron chi connectivity index (χ1n) is 6.79. The average Bonchev–Trinajstić information content (AvgIpc) is 2.47. The molecule has 0 amide bonds. The van der Waals surface area contributed by atoms with Crippen LogP contribution >= 0.6 is 0 Å². The second-order valence-electron chi connectivity index (χ2n) is 5.10. The molecule has 2 rings (SSSR count). The lowest BCUT2D eigenvalue weighted by molar-refractivity contribution is -0.385. The molecule has 1 unspecified atom stereocenters. The van der Waals surface area contributed by atoms with E-state index in [1.807, 2.05) is 6.07 Å². The molecule has 0 aromatic heterocycles. The lowest BCUT2D eigenvalue weighted by Crippen LogP contribution is -2.36. The number of rotatable bonds is 4. The van der Waals surface area contributed by atoms with Crippen molar-refractivity contribution in [2.24, 2.45) is 11.7 Å². The highest BCUT2D eigenvalue weighted by Gasteiger charge is 2.22. The molecular weight excluding hydrogens is 256 g/mol. The van der Waals surface area contributed by atoms with Crippen LogP contribution < -0.4 is 10.6 Å². The smallest absolute Gasteiger partial charge is 0.289 e. The Hall–Kier alpha value is -2.13. The predicted molar refractivity (Wildman–Crippen MR) is 76.4 cm³/mol. The van der Waals surface area contributed by atoms with Crippen molar-refractivity contribution in [3.63, 3.8) is 0 Å². The maximum atomic E-state index is 11.0. The normalized spacial score (nSPS) is 18.6. The van der Waals surface area contributed by atoms with Crippen molar-refractivity contribution >= 4 is 11.4 Å². The minimum absolute atomic E-state index is 0.106. The molecule has 0 spiro atoms. The van der Waals surface area contributed by atoms with E-state index in [9.17, 15) is 10.1 Å². The molecule has 6 nitrogen and oxygen atoms in total. The molecule has 1 saturated heterocycles. The van der Waals surface area contributed by atoms with Crippen LogP contribution in [0.15, 0.2) is 18.2 Å². The molecule has 0 bridgehead atoms. The van der Waals surface area contributed by atoms with E-state index >= 15 is 0 Å². The lowest BCUT2D eigenvalue weighted by Gasteiger charge is -2.34. The lowest BCUT2D eigenvalue weighted by atomic mass is 9.94. The number of nitro groups is 1. The molecule has 1 heterocycles. The van der Waals surface area contributed by atoms with E-state index in [0.717, 1.165) is 38.0 Å². The Morgan fingerprint density at radius 1 is 1.55 bits per heavy atom. The fraction of sp³-hybridized carbons (Fsp3) is 0.500. The summed E-state index contributed by atoms with van der Waals surface area (Å²) in [4.78, 5) is 12.7. The van der Waals surface area contributed by atoms with Crippen LogP contribution in [0.25, 0.3) is 0 Å². The second kappa shape index (κ2) is 6.35. The quantitative estimate of drug-likeness (QED) is 0.669. The minimum Gasteiger partial charge on any atom is -0.371 e. The van der Waals surface area contributed by atoms with Gasteiger partial charge in [0.05, 0.1) is 4.92 Å². The van der Waals surface area contributed by atoms with Crippen LogP contribution in [0.3, 0.4) is 0 Å². The highest BCUT2D eigenvalue weighted by molar-refractivity contribution is 5.60. The third kappa shape index (κ3) is 3.06. The Balaban J connectivity index is 2.22. The molecule has 1 atom stereocenters. The second-order valence-corrected chi connectivity index (χ2v) is 5.10. The summed E-state index contributed by atoms with van der Waals surface area (Å²) in [7, 11) is 0. The first kappa shape index (κ1) is 14.3. The molecular formula is C14H18N4O2. The van der Waals surface area contributed by atoms with Gasteiger partial charge in [0, 0.05) is 24.8 Å². The maximum absolute atomic E-state index is 11.0. The summed E-state index contributed by atoms with van der Waals surface area (Å²) >= 11 is 0. The molecule has 1 aliphatic heterocycles. The highest BCUT2D eigenvalue weighted by Crippen LogP contribution is 2.29. The van der Waals surface area contributed by atoms with Crippen LogP contribution in [0.4, 0.5) is 11.4 Å². The van der Waals surface area contributed by atoms with Gasteiger partial charge in [-0.1, -0.05) is 0 Å². The van der Waals surface area contributed by atoms with Crippen LogP contribution in [0.5, 0.6) is 0 Å². The van der Waals surface area contributed by atoms with Gasteiger partial charge in [0.1, 0.15) is 11.6 Å². The fourth-order valence-electron chi connectivity index (χ4n) is 2.73. The van der Waals surface area contributed by atoms with E-state index in [4.69, 9.17) is 11.0 Å². The molecule has 0 radical (unpaired) electrons. The molecule has 2 N–H and O–H groups in total. The number of hydrogen-bond acceptors (Lipinski definition) is 5. The van der Waals surface area contributed by atoms with Gasteiger partial charge in [-0.25, -0.2) is 0 Å². The summed E-state index contributed by atoms with van der Waals surface area (Å²) in [6.07, 6.45) is 3.21. The van der Waals surface area contributed by atoms with Crippen molar-refractivity contribution < 1.29 is 4.92 Å². The van der Waals surface area contributed by atoms with Crippen molar-refractivity contribution in [1.82, 2.24) is 0 Å². The zero-order chi connectivity index (χ0) is 14.5. The number of nitrogens with two attached hydrogens (primary N) is 1. The van der Waals surface area contributed by atoms with Crippen molar-refractivity contribution in [3.05, 3.63) is 33.9 Å². The molecule has 1 aromatic carbocycles. The Morgan fingerprint density at radius 3 is 3.00 bits per heavy atom. The SMILES string of the molecule is N#Cc1ccc(N2CCCC(CCN)C2)cc1[N+](=O)[O-]. The monoisotopic (exact) mass is 274 g/mol. The van der Waals surface area contributed by atoms with E-state index < -0.39 is 4.92 Å². The molecule has 20 heavy (non-hydrogen) atoms. The maximum Gasteiger partial charge on any atom is 0.289 e. The number of hydrogen-bond donors (Lipinski definition) is 1. The van der Waals surface area contributed by atoms with Gasteiger partial charge in [0.25, 0.3) is 5.69 Å². The molecule has 0 aliphatic carbocycles. The van der Waals surface area contributed by atoms with Crippen LogP contribution in [0, 0.1) is 27.4 Å². The van der Waals surface area contributed by atoms with Gasteiger partial charge in [-0.3, -0.25) is 10.1 Å². The number of nitro benzene ring substituents is 1. The van der Waals surface area contributed by atoms with E-state index in [2.05, 4.69) is 4.90 Å². The minimum atomic E-state index is -0.497. The molecule has 0 saturated carbocycles. The number of nitrogens with zero attached hydrogens (tertiary/aromatic N) is 3. The Labute approximate surface area is 117 Å². The number of benzene rings is 1. The average molecular weight is 274 g/mol. The third-order valence-corrected chi connectivity index (χ3v) is 3.76. The van der Waals surface area contributed by atoms with Crippen LogP contribution in [-0.2, 0) is 0 Å². The van der Waals surface area contributed by atoms with Gasteiger partial charge in [-0.05, 0) is 43.9 Å². The third-order valence-electron chi connectivity index (χ3n) is 3.76. The highest BCUT2D eigenvalue weighted by atomic mass is 16.6. The molecule has 106 valence electrons. The Morgan fingerprint density at radius 2 is 2.35 bits per heavy atom. The first-order chi connectivity index (χ1) is 9.65. The summed E-state index contributed by atoms with van der Waals surface area (Å²) in [5, 5.41) is 19.9. The topological polar surface area (TPSA) is 96.2 Å². The van der Waals surface area contributed by atoms with Gasteiger partial charge < -0.3 is 10.6 Å². The van der Waals surface area contributed by atoms with Crippen LogP contribution in [0.1, 0.15) is 24.8 Å². The fourth-order valence-corrected chi connectivity index (χ4v) is 2.73. The van der Waals surface area contributed by atoms with Gasteiger partial charge >= 0.3 is 0 Å². The number of anilines is 1. The van der Waals surface area contributed by atoms with E-state index in [1.54, 1.807) is 6.07 Å². The number of nitriles is 1. The van der Waals surface area contributed by atoms with Gasteiger partial charge in [-0.2, -0.15) is 5.26 Å². The van der Waals surface area contributed by atoms with Gasteiger partial charge in [0.15, 0.2) is 0 Å². The summed E-state index contributed by atoms with van der Waals surface area (Å²) in [5.41, 5.74) is 6.40.